The van der Waals surface area contributed by atoms with Gasteiger partial charge < -0.3 is 10.2 Å². The van der Waals surface area contributed by atoms with Gasteiger partial charge in [0.1, 0.15) is 18.0 Å². The molecule has 1 aromatic rings. The van der Waals surface area contributed by atoms with Gasteiger partial charge in [-0.3, -0.25) is 0 Å². The summed E-state index contributed by atoms with van der Waals surface area (Å²) < 4.78 is 0. The zero-order chi connectivity index (χ0) is 13.8. The maximum atomic E-state index is 4.51. The second-order valence-corrected chi connectivity index (χ2v) is 5.64. The second-order valence-electron chi connectivity index (χ2n) is 5.64. The second kappa shape index (κ2) is 6.22. The van der Waals surface area contributed by atoms with Crippen LogP contribution in [0, 0.1) is 12.8 Å². The van der Waals surface area contributed by atoms with Crippen LogP contribution in [0.15, 0.2) is 6.33 Å². The van der Waals surface area contributed by atoms with Crippen LogP contribution in [-0.2, 0) is 0 Å². The number of rotatable bonds is 4. The Bertz CT molecular complexity index is 419. The van der Waals surface area contributed by atoms with Gasteiger partial charge in [-0.1, -0.05) is 19.8 Å². The van der Waals surface area contributed by atoms with Gasteiger partial charge >= 0.3 is 0 Å². The largest absolute Gasteiger partial charge is 0.370 e. The molecule has 0 aromatic carbocycles. The third kappa shape index (κ3) is 2.99. The molecule has 1 aromatic heterocycles. The monoisotopic (exact) mass is 262 g/mol. The van der Waals surface area contributed by atoms with Gasteiger partial charge in [-0.15, -0.1) is 0 Å². The lowest BCUT2D eigenvalue weighted by Gasteiger charge is -2.37. The van der Waals surface area contributed by atoms with Gasteiger partial charge in [0.25, 0.3) is 0 Å². The van der Waals surface area contributed by atoms with E-state index in [-0.39, 0.29) is 0 Å². The zero-order valence-electron chi connectivity index (χ0n) is 12.6. The Balaban J connectivity index is 2.22. The lowest BCUT2D eigenvalue weighted by atomic mass is 9.85. The molecular weight excluding hydrogens is 236 g/mol. The van der Waals surface area contributed by atoms with Gasteiger partial charge in [0.05, 0.1) is 0 Å². The van der Waals surface area contributed by atoms with Crippen LogP contribution in [0.5, 0.6) is 0 Å². The van der Waals surface area contributed by atoms with E-state index in [1.54, 1.807) is 6.33 Å². The number of hydrogen-bond acceptors (Lipinski definition) is 4. The Kier molecular flexibility index (Phi) is 4.61. The molecule has 4 heteroatoms. The molecule has 1 aliphatic rings. The molecule has 0 aliphatic heterocycles. The Labute approximate surface area is 116 Å². The van der Waals surface area contributed by atoms with E-state index in [2.05, 4.69) is 48.0 Å². The molecule has 1 heterocycles. The molecule has 19 heavy (non-hydrogen) atoms. The molecule has 0 saturated heterocycles. The van der Waals surface area contributed by atoms with Crippen LogP contribution in [0.4, 0.5) is 11.6 Å². The van der Waals surface area contributed by atoms with Crippen molar-refractivity contribution in [2.45, 2.75) is 52.5 Å². The van der Waals surface area contributed by atoms with Crippen molar-refractivity contribution in [2.24, 2.45) is 5.92 Å². The normalized spacial score (nSPS) is 23.2. The number of aromatic nitrogens is 2. The number of nitrogens with zero attached hydrogens (tertiary/aromatic N) is 3. The summed E-state index contributed by atoms with van der Waals surface area (Å²) in [5.41, 5.74) is 1.16. The molecule has 0 radical (unpaired) electrons. The molecule has 2 unspecified atom stereocenters. The van der Waals surface area contributed by atoms with Gasteiger partial charge in [-0.05, 0) is 32.6 Å². The van der Waals surface area contributed by atoms with Crippen molar-refractivity contribution >= 4 is 11.6 Å². The van der Waals surface area contributed by atoms with Crippen molar-refractivity contribution in [3.63, 3.8) is 0 Å². The third-order valence-electron chi connectivity index (χ3n) is 4.30. The molecule has 2 rings (SSSR count). The third-order valence-corrected chi connectivity index (χ3v) is 4.30. The lowest BCUT2D eigenvalue weighted by Crippen LogP contribution is -2.39. The molecule has 1 aliphatic carbocycles. The smallest absolute Gasteiger partial charge is 0.137 e. The van der Waals surface area contributed by atoms with Crippen LogP contribution >= 0.6 is 0 Å². The van der Waals surface area contributed by atoms with Gasteiger partial charge in [-0.2, -0.15) is 0 Å². The summed E-state index contributed by atoms with van der Waals surface area (Å²) in [7, 11) is 2.18. The summed E-state index contributed by atoms with van der Waals surface area (Å²) in [5.74, 6) is 2.78. The molecule has 4 nitrogen and oxygen atoms in total. The Morgan fingerprint density at radius 2 is 2.05 bits per heavy atom. The van der Waals surface area contributed by atoms with E-state index >= 15 is 0 Å². The van der Waals surface area contributed by atoms with Crippen molar-refractivity contribution < 1.29 is 0 Å². The number of anilines is 2. The zero-order valence-corrected chi connectivity index (χ0v) is 12.6. The van der Waals surface area contributed by atoms with Crippen LogP contribution in [0.3, 0.4) is 0 Å². The highest BCUT2D eigenvalue weighted by Gasteiger charge is 2.27. The number of nitrogens with one attached hydrogen (secondary N) is 1. The van der Waals surface area contributed by atoms with Gasteiger partial charge in [0.2, 0.25) is 0 Å². The fourth-order valence-corrected chi connectivity index (χ4v) is 3.17. The molecule has 0 spiro atoms. The summed E-state index contributed by atoms with van der Waals surface area (Å²) in [4.78, 5) is 11.2. The highest BCUT2D eigenvalue weighted by Crippen LogP contribution is 2.31. The van der Waals surface area contributed by atoms with E-state index in [4.69, 9.17) is 0 Å². The minimum atomic E-state index is 0.608. The first-order chi connectivity index (χ1) is 9.15. The molecule has 1 saturated carbocycles. The lowest BCUT2D eigenvalue weighted by molar-refractivity contribution is 0.320. The molecule has 1 N–H and O–H groups in total. The molecule has 1 fully saturated rings. The summed E-state index contributed by atoms with van der Waals surface area (Å²) in [5, 5.41) is 3.31. The SMILES string of the molecule is CCNc1ncnc(N(C)C2CCCCC2C)c1C. The number of hydrogen-bond donors (Lipinski definition) is 1. The van der Waals surface area contributed by atoms with Crippen LogP contribution in [0.25, 0.3) is 0 Å². The van der Waals surface area contributed by atoms with Crippen LogP contribution < -0.4 is 10.2 Å². The Morgan fingerprint density at radius 3 is 2.74 bits per heavy atom. The van der Waals surface area contributed by atoms with Gasteiger partial charge in [0, 0.05) is 25.2 Å². The summed E-state index contributed by atoms with van der Waals surface area (Å²) in [6.07, 6.45) is 6.99. The van der Waals surface area contributed by atoms with E-state index in [1.807, 2.05) is 0 Å². The molecule has 0 bridgehead atoms. The predicted molar refractivity (Wildman–Crippen MR) is 80.8 cm³/mol. The Hall–Kier alpha value is -1.32. The first kappa shape index (κ1) is 14.1. The van der Waals surface area contributed by atoms with E-state index < -0.39 is 0 Å². The maximum absolute atomic E-state index is 4.51. The fourth-order valence-electron chi connectivity index (χ4n) is 3.17. The topological polar surface area (TPSA) is 41.1 Å². The highest BCUT2D eigenvalue weighted by atomic mass is 15.2. The highest BCUT2D eigenvalue weighted by molar-refractivity contribution is 5.58. The standard InChI is InChI=1S/C15H26N4/c1-5-16-14-12(3)15(18-10-17-14)19(4)13-9-7-6-8-11(13)2/h10-11,13H,5-9H2,1-4H3,(H,16,17,18). The molecule has 106 valence electrons. The minimum Gasteiger partial charge on any atom is -0.370 e. The van der Waals surface area contributed by atoms with Crippen molar-refractivity contribution in [1.82, 2.24) is 9.97 Å². The van der Waals surface area contributed by atoms with E-state index in [0.717, 1.165) is 29.7 Å². The quantitative estimate of drug-likeness (QED) is 0.904. The Morgan fingerprint density at radius 1 is 1.32 bits per heavy atom. The average molecular weight is 262 g/mol. The first-order valence-electron chi connectivity index (χ1n) is 7.43. The predicted octanol–water partition coefficient (Wildman–Crippen LogP) is 3.23. The van der Waals surface area contributed by atoms with Crippen molar-refractivity contribution in [3.8, 4) is 0 Å². The molecule has 0 amide bonds. The molecular formula is C15H26N4. The summed E-state index contributed by atoms with van der Waals surface area (Å²) in [6, 6.07) is 0.608. The van der Waals surface area contributed by atoms with Crippen LogP contribution in [0.1, 0.15) is 45.1 Å². The molecule has 2 atom stereocenters. The minimum absolute atomic E-state index is 0.608. The van der Waals surface area contributed by atoms with Gasteiger partial charge in [0.15, 0.2) is 0 Å². The van der Waals surface area contributed by atoms with Crippen molar-refractivity contribution in [3.05, 3.63) is 11.9 Å². The first-order valence-corrected chi connectivity index (χ1v) is 7.43. The van der Waals surface area contributed by atoms with Crippen molar-refractivity contribution in [2.75, 3.05) is 23.8 Å². The van der Waals surface area contributed by atoms with Crippen LogP contribution in [0.2, 0.25) is 0 Å². The average Bonchev–Trinajstić information content (AvgIpc) is 2.41. The summed E-state index contributed by atoms with van der Waals surface area (Å²) in [6.45, 7) is 7.45. The van der Waals surface area contributed by atoms with E-state index in [0.29, 0.717) is 6.04 Å². The fraction of sp³-hybridized carbons (Fsp3) is 0.733. The van der Waals surface area contributed by atoms with Crippen molar-refractivity contribution in [1.29, 1.82) is 0 Å². The maximum Gasteiger partial charge on any atom is 0.137 e. The summed E-state index contributed by atoms with van der Waals surface area (Å²) >= 11 is 0. The van der Waals surface area contributed by atoms with Gasteiger partial charge in [-0.25, -0.2) is 9.97 Å². The van der Waals surface area contributed by atoms with E-state index in [9.17, 15) is 0 Å². The van der Waals surface area contributed by atoms with E-state index in [1.165, 1.54) is 25.7 Å². The van der Waals surface area contributed by atoms with Crippen LogP contribution in [-0.4, -0.2) is 29.6 Å².